The van der Waals surface area contributed by atoms with Gasteiger partial charge in [-0.1, -0.05) is 218 Å². The molecular weight excluding hydrogens is 865 g/mol. The molecule has 0 atom stereocenters. The zero-order valence-electron chi connectivity index (χ0n) is 38.4. The number of rotatable bonds is 10. The smallest absolute Gasteiger partial charge is 0.179 e. The number of hydrogen-bond acceptors (Lipinski definition) is 2. The van der Waals surface area contributed by atoms with Gasteiger partial charge in [-0.25, -0.2) is 0 Å². The maximum Gasteiger partial charge on any atom is 0.179 e. The summed E-state index contributed by atoms with van der Waals surface area (Å²) in [4.78, 5) is 2.43. The minimum Gasteiger partial charge on any atom is -0.455 e. The van der Waals surface area contributed by atoms with Crippen molar-refractivity contribution in [3.8, 4) is 27.9 Å². The van der Waals surface area contributed by atoms with Crippen LogP contribution in [0.2, 0.25) is 0 Å². The Kier molecular flexibility index (Phi) is 10.2. The molecule has 0 radical (unpaired) electrons. The van der Waals surface area contributed by atoms with Gasteiger partial charge in [-0.15, -0.1) is 0 Å². The normalized spacial score (nSPS) is 11.7. The fourth-order valence-corrected chi connectivity index (χ4v) is 15.8. The van der Waals surface area contributed by atoms with Crippen molar-refractivity contribution in [1.29, 1.82) is 0 Å². The van der Waals surface area contributed by atoms with Crippen molar-refractivity contribution >= 4 is 89.6 Å². The van der Waals surface area contributed by atoms with E-state index in [-0.39, 0.29) is 0 Å². The lowest BCUT2D eigenvalue weighted by atomic mass is 10.0. The summed E-state index contributed by atoms with van der Waals surface area (Å²) in [6, 6.07) is 102. The Hall–Kier alpha value is -8.96. The highest BCUT2D eigenvalue weighted by molar-refractivity contribution is 7.19. The molecule has 3 nitrogen and oxygen atoms in total. The lowest BCUT2D eigenvalue weighted by Gasteiger charge is -2.34. The molecule has 0 fully saturated rings. The first kappa shape index (κ1) is 41.2. The summed E-state index contributed by atoms with van der Waals surface area (Å²) in [5.74, 6) is 0. The number of fused-ring (bicyclic) bond motifs is 6. The van der Waals surface area contributed by atoms with Gasteiger partial charge in [0.1, 0.15) is 11.2 Å². The van der Waals surface area contributed by atoms with Crippen molar-refractivity contribution in [1.82, 2.24) is 4.57 Å². The summed E-state index contributed by atoms with van der Waals surface area (Å²) in [6.07, 6.45) is 0. The van der Waals surface area contributed by atoms with Crippen molar-refractivity contribution < 1.29 is 4.42 Å². The Balaban J connectivity index is 0.961. The molecule has 11 aromatic carbocycles. The molecule has 13 aromatic rings. The molecule has 2 aromatic heterocycles. The van der Waals surface area contributed by atoms with Crippen LogP contribution in [-0.2, 0) is 0 Å². The van der Waals surface area contributed by atoms with Crippen LogP contribution in [-0.4, -0.2) is 12.6 Å². The minimum atomic E-state index is -2.65. The van der Waals surface area contributed by atoms with E-state index in [2.05, 4.69) is 282 Å². The predicted molar refractivity (Wildman–Crippen MR) is 297 cm³/mol. The zero-order chi connectivity index (χ0) is 46.4. The SMILES string of the molecule is c1ccc(-n2c3ccccc3c3c(N(c4ccc(-c5ccc([Si](c6ccccc6)(c6ccccc6)c6ccccc6)cc5)cc4)c4cccc(-c5cccc6c5oc5ccccc56)c4)cccc32)cc1. The minimum absolute atomic E-state index is 0.893. The Morgan fingerprint density at radius 2 is 0.857 bits per heavy atom. The number of hydrogen-bond donors (Lipinski definition) is 0. The molecule has 0 saturated carbocycles. The van der Waals surface area contributed by atoms with Crippen LogP contribution in [0.5, 0.6) is 0 Å². The highest BCUT2D eigenvalue weighted by atomic mass is 28.3. The molecule has 0 aliphatic rings. The molecule has 0 unspecified atom stereocenters. The van der Waals surface area contributed by atoms with Gasteiger partial charge in [-0.05, 0) is 98.1 Å². The summed E-state index contributed by atoms with van der Waals surface area (Å²) in [7, 11) is -2.65. The number of aromatic nitrogens is 1. The summed E-state index contributed by atoms with van der Waals surface area (Å²) >= 11 is 0. The summed E-state index contributed by atoms with van der Waals surface area (Å²) in [6.45, 7) is 0. The van der Waals surface area contributed by atoms with E-state index in [0.717, 1.165) is 66.9 Å². The van der Waals surface area contributed by atoms with Gasteiger partial charge >= 0.3 is 0 Å². The Bertz CT molecular complexity index is 3880. The van der Waals surface area contributed by atoms with Crippen molar-refractivity contribution in [2.75, 3.05) is 4.90 Å². The number of nitrogens with zero attached hydrogens (tertiary/aromatic N) is 2. The van der Waals surface area contributed by atoms with Gasteiger partial charge < -0.3 is 13.9 Å². The Labute approximate surface area is 408 Å². The second-order valence-electron chi connectivity index (χ2n) is 18.0. The van der Waals surface area contributed by atoms with E-state index < -0.39 is 8.07 Å². The lowest BCUT2D eigenvalue weighted by molar-refractivity contribution is 0.670. The molecule has 0 N–H and O–H groups in total. The number of furan rings is 1. The van der Waals surface area contributed by atoms with Crippen LogP contribution >= 0.6 is 0 Å². The summed E-state index contributed by atoms with van der Waals surface area (Å²) in [5.41, 5.74) is 12.9. The average molecular weight is 911 g/mol. The molecular formula is C66H46N2OSi. The molecule has 330 valence electrons. The maximum absolute atomic E-state index is 6.59. The first-order valence-electron chi connectivity index (χ1n) is 24.0. The van der Waals surface area contributed by atoms with Crippen LogP contribution in [0.4, 0.5) is 17.1 Å². The third-order valence-corrected chi connectivity index (χ3v) is 18.9. The quantitative estimate of drug-likeness (QED) is 0.101. The fraction of sp³-hybridized carbons (Fsp3) is 0. The number of benzene rings is 11. The van der Waals surface area contributed by atoms with Gasteiger partial charge in [0.25, 0.3) is 0 Å². The van der Waals surface area contributed by atoms with E-state index in [9.17, 15) is 0 Å². The lowest BCUT2D eigenvalue weighted by Crippen LogP contribution is -2.74. The Morgan fingerprint density at radius 1 is 0.343 bits per heavy atom. The van der Waals surface area contributed by atoms with E-state index in [1.54, 1.807) is 0 Å². The van der Waals surface area contributed by atoms with Crippen LogP contribution in [0.15, 0.2) is 283 Å². The molecule has 70 heavy (non-hydrogen) atoms. The van der Waals surface area contributed by atoms with Crippen LogP contribution in [0.1, 0.15) is 0 Å². The third kappa shape index (κ3) is 6.80. The molecule has 0 aliphatic heterocycles. The second kappa shape index (κ2) is 17.3. The first-order valence-corrected chi connectivity index (χ1v) is 26.0. The highest BCUT2D eigenvalue weighted by Gasteiger charge is 2.41. The Morgan fingerprint density at radius 3 is 1.53 bits per heavy atom. The first-order chi connectivity index (χ1) is 34.7. The standard InChI is InChI=1S/C66H46N2OSi/c1-5-21-50(22-6-1)68-61-34-15-13-31-60(61)65-62(35-19-36-63(65)68)67(52-23-17-20-49(46-52)57-32-18-33-59-58-30-14-16-37-64(58)69-66(57)59)51-42-38-47(39-43-51)48-40-44-56(45-41-48)70(53-24-7-2-8-25-53,54-26-9-3-10-27-54)55-28-11-4-12-29-55/h1-46H. The largest absolute Gasteiger partial charge is 0.455 e. The maximum atomic E-state index is 6.59. The van der Waals surface area contributed by atoms with Gasteiger partial charge in [0.15, 0.2) is 8.07 Å². The molecule has 0 amide bonds. The molecule has 0 bridgehead atoms. The van der Waals surface area contributed by atoms with Gasteiger partial charge in [-0.3, -0.25) is 0 Å². The van der Waals surface area contributed by atoms with Gasteiger partial charge in [0, 0.05) is 44.2 Å². The molecule has 4 heteroatoms. The molecule has 0 saturated heterocycles. The summed E-state index contributed by atoms with van der Waals surface area (Å²) < 4.78 is 8.98. The zero-order valence-corrected chi connectivity index (χ0v) is 39.4. The summed E-state index contributed by atoms with van der Waals surface area (Å²) in [5, 5.41) is 10.1. The van der Waals surface area contributed by atoms with Gasteiger partial charge in [-0.2, -0.15) is 0 Å². The molecule has 0 aliphatic carbocycles. The van der Waals surface area contributed by atoms with Crippen LogP contribution in [0.3, 0.4) is 0 Å². The predicted octanol–water partition coefficient (Wildman–Crippen LogP) is 14.9. The van der Waals surface area contributed by atoms with E-state index >= 15 is 0 Å². The van der Waals surface area contributed by atoms with E-state index in [1.807, 2.05) is 6.07 Å². The number of anilines is 3. The van der Waals surface area contributed by atoms with E-state index in [4.69, 9.17) is 4.42 Å². The molecule has 13 rings (SSSR count). The van der Waals surface area contributed by atoms with Crippen molar-refractivity contribution in [2.24, 2.45) is 0 Å². The van der Waals surface area contributed by atoms with Gasteiger partial charge in [0.2, 0.25) is 0 Å². The number of para-hydroxylation sites is 4. The van der Waals surface area contributed by atoms with Gasteiger partial charge in [0.05, 0.1) is 16.7 Å². The van der Waals surface area contributed by atoms with Crippen LogP contribution in [0.25, 0.3) is 71.7 Å². The van der Waals surface area contributed by atoms with Crippen molar-refractivity contribution in [3.05, 3.63) is 279 Å². The highest BCUT2D eigenvalue weighted by Crippen LogP contribution is 2.45. The van der Waals surface area contributed by atoms with E-state index in [1.165, 1.54) is 42.6 Å². The monoisotopic (exact) mass is 910 g/mol. The topological polar surface area (TPSA) is 21.3 Å². The average Bonchev–Trinajstić information content (AvgIpc) is 4.00. The molecule has 2 heterocycles. The van der Waals surface area contributed by atoms with E-state index in [0.29, 0.717) is 0 Å². The van der Waals surface area contributed by atoms with Crippen molar-refractivity contribution in [3.63, 3.8) is 0 Å². The third-order valence-electron chi connectivity index (χ3n) is 14.1. The van der Waals surface area contributed by atoms with Crippen LogP contribution < -0.4 is 25.6 Å². The fourth-order valence-electron chi connectivity index (χ4n) is 11.0. The molecule has 0 spiro atoms. The van der Waals surface area contributed by atoms with Crippen LogP contribution in [0, 0.1) is 0 Å². The van der Waals surface area contributed by atoms with Crippen molar-refractivity contribution in [2.45, 2.75) is 0 Å². The second-order valence-corrected chi connectivity index (χ2v) is 21.8.